The Morgan fingerprint density at radius 2 is 1.93 bits per heavy atom. The summed E-state index contributed by atoms with van der Waals surface area (Å²) in [5.74, 6) is -1.01. The van der Waals surface area contributed by atoms with Crippen molar-refractivity contribution in [3.05, 3.63) is 0 Å². The maximum atomic E-state index is 12.5. The molecule has 0 atom stereocenters. The number of halogens is 4. The van der Waals surface area contributed by atoms with Crippen molar-refractivity contribution < 1.29 is 26.3 Å². The molecule has 0 radical (unpaired) electrons. The monoisotopic (exact) mass is 266 g/mol. The van der Waals surface area contributed by atoms with E-state index in [1.165, 1.54) is 0 Å². The second-order valence-electron chi connectivity index (χ2n) is 3.68. The van der Waals surface area contributed by atoms with Crippen LogP contribution in [0.5, 0.6) is 0 Å². The molecule has 0 aromatic carbocycles. The molecule has 0 aliphatic heterocycles. The summed E-state index contributed by atoms with van der Waals surface area (Å²) < 4.78 is 63.0. The minimum atomic E-state index is -4.46. The molecule has 0 aromatic rings. The van der Waals surface area contributed by atoms with Gasteiger partial charge in [0.25, 0.3) is 0 Å². The van der Waals surface area contributed by atoms with Crippen molar-refractivity contribution in [1.29, 1.82) is 0 Å². The third kappa shape index (κ3) is 2.76. The standard InChI is InChI=1S/C7H10ClF3O3S/c1-14-6(7(9,10)11)2-5(3-6)4-15(8,12)13/h5H,2-4H2,1H3. The Morgan fingerprint density at radius 3 is 2.20 bits per heavy atom. The van der Waals surface area contributed by atoms with Crippen LogP contribution in [0.15, 0.2) is 0 Å². The van der Waals surface area contributed by atoms with Crippen molar-refractivity contribution in [2.45, 2.75) is 24.6 Å². The quantitative estimate of drug-likeness (QED) is 0.733. The van der Waals surface area contributed by atoms with Gasteiger partial charge in [0.05, 0.1) is 5.75 Å². The lowest BCUT2D eigenvalue weighted by molar-refractivity contribution is -0.306. The van der Waals surface area contributed by atoms with Crippen molar-refractivity contribution in [3.8, 4) is 0 Å². The van der Waals surface area contributed by atoms with Crippen LogP contribution in [0.25, 0.3) is 0 Å². The molecule has 1 saturated carbocycles. The molecule has 1 rings (SSSR count). The van der Waals surface area contributed by atoms with E-state index in [1.807, 2.05) is 0 Å². The predicted octanol–water partition coefficient (Wildman–Crippen LogP) is 1.91. The third-order valence-electron chi connectivity index (χ3n) is 2.58. The van der Waals surface area contributed by atoms with Gasteiger partial charge in [-0.1, -0.05) is 0 Å². The highest BCUT2D eigenvalue weighted by atomic mass is 35.7. The summed E-state index contributed by atoms with van der Waals surface area (Å²) in [4.78, 5) is 0. The molecule has 8 heteroatoms. The predicted molar refractivity (Wildman–Crippen MR) is 48.2 cm³/mol. The number of alkyl halides is 3. The molecule has 0 amide bonds. The first-order valence-electron chi connectivity index (χ1n) is 4.14. The van der Waals surface area contributed by atoms with Gasteiger partial charge in [0.15, 0.2) is 5.60 Å². The van der Waals surface area contributed by atoms with Gasteiger partial charge < -0.3 is 4.74 Å². The van der Waals surface area contributed by atoms with Gasteiger partial charge in [-0.2, -0.15) is 13.2 Å². The van der Waals surface area contributed by atoms with Crippen LogP contribution in [-0.2, 0) is 13.8 Å². The topological polar surface area (TPSA) is 43.4 Å². The number of ether oxygens (including phenoxy) is 1. The molecule has 0 aromatic heterocycles. The Balaban J connectivity index is 2.61. The Bertz CT molecular complexity index is 332. The maximum Gasteiger partial charge on any atom is 0.417 e. The fourth-order valence-electron chi connectivity index (χ4n) is 1.79. The molecule has 0 N–H and O–H groups in total. The molecular formula is C7H10ClF3O3S. The fraction of sp³-hybridized carbons (Fsp3) is 1.00. The average Bonchev–Trinajstić information content (AvgIpc) is 1.90. The summed E-state index contributed by atoms with van der Waals surface area (Å²) in [5, 5.41) is 0. The van der Waals surface area contributed by atoms with E-state index in [-0.39, 0.29) is 12.8 Å². The van der Waals surface area contributed by atoms with Gasteiger partial charge in [-0.15, -0.1) is 0 Å². The highest BCUT2D eigenvalue weighted by Crippen LogP contribution is 2.51. The van der Waals surface area contributed by atoms with Gasteiger partial charge >= 0.3 is 6.18 Å². The minimum absolute atomic E-state index is 0.348. The van der Waals surface area contributed by atoms with Gasteiger partial charge in [-0.25, -0.2) is 8.42 Å². The smallest absolute Gasteiger partial charge is 0.369 e. The molecule has 90 valence electrons. The Kier molecular flexibility index (Phi) is 3.29. The van der Waals surface area contributed by atoms with Crippen molar-refractivity contribution in [1.82, 2.24) is 0 Å². The molecule has 0 bridgehead atoms. The SMILES string of the molecule is COC1(C(F)(F)F)CC(CS(=O)(=O)Cl)C1. The molecule has 1 aliphatic carbocycles. The lowest BCUT2D eigenvalue weighted by atomic mass is 9.71. The first-order chi connectivity index (χ1) is 6.60. The van der Waals surface area contributed by atoms with Crippen molar-refractivity contribution in [3.63, 3.8) is 0 Å². The van der Waals surface area contributed by atoms with Gasteiger partial charge in [-0.05, 0) is 18.8 Å². The molecule has 0 saturated heterocycles. The Hall–Kier alpha value is -0.0100. The second kappa shape index (κ2) is 3.78. The summed E-state index contributed by atoms with van der Waals surface area (Å²) in [6.07, 6.45) is -5.16. The van der Waals surface area contributed by atoms with Crippen LogP contribution in [0.2, 0.25) is 0 Å². The van der Waals surface area contributed by atoms with Crippen molar-refractivity contribution in [2.75, 3.05) is 12.9 Å². The van der Waals surface area contributed by atoms with E-state index in [9.17, 15) is 21.6 Å². The molecule has 0 heterocycles. The summed E-state index contributed by atoms with van der Waals surface area (Å²) in [7, 11) is 2.17. The van der Waals surface area contributed by atoms with Crippen LogP contribution in [0, 0.1) is 5.92 Å². The number of hydrogen-bond acceptors (Lipinski definition) is 3. The minimum Gasteiger partial charge on any atom is -0.369 e. The van der Waals surface area contributed by atoms with E-state index < -0.39 is 32.5 Å². The van der Waals surface area contributed by atoms with Crippen LogP contribution < -0.4 is 0 Å². The molecule has 1 fully saturated rings. The van der Waals surface area contributed by atoms with Crippen molar-refractivity contribution in [2.24, 2.45) is 5.92 Å². The zero-order chi connectivity index (χ0) is 11.9. The third-order valence-corrected chi connectivity index (χ3v) is 3.83. The van der Waals surface area contributed by atoms with Crippen LogP contribution in [0.3, 0.4) is 0 Å². The number of hydrogen-bond donors (Lipinski definition) is 0. The first-order valence-corrected chi connectivity index (χ1v) is 6.62. The molecular weight excluding hydrogens is 257 g/mol. The zero-order valence-corrected chi connectivity index (χ0v) is 9.42. The maximum absolute atomic E-state index is 12.5. The fourth-order valence-corrected chi connectivity index (χ4v) is 3.12. The molecule has 0 spiro atoms. The molecule has 1 aliphatic rings. The largest absolute Gasteiger partial charge is 0.417 e. The summed E-state index contributed by atoms with van der Waals surface area (Å²) in [6.45, 7) is 0. The van der Waals surface area contributed by atoms with Gasteiger partial charge in [0.1, 0.15) is 0 Å². The number of methoxy groups -OCH3 is 1. The highest BCUT2D eigenvalue weighted by Gasteiger charge is 2.63. The Labute approximate surface area is 90.0 Å². The lowest BCUT2D eigenvalue weighted by Crippen LogP contribution is -2.57. The normalized spacial score (nSPS) is 32.5. The first kappa shape index (κ1) is 13.1. The molecule has 15 heavy (non-hydrogen) atoms. The van der Waals surface area contributed by atoms with Gasteiger partial charge in [0.2, 0.25) is 9.05 Å². The summed E-state index contributed by atoms with van der Waals surface area (Å²) in [5.41, 5.74) is -2.18. The highest BCUT2D eigenvalue weighted by molar-refractivity contribution is 8.13. The van der Waals surface area contributed by atoms with E-state index >= 15 is 0 Å². The van der Waals surface area contributed by atoms with Gasteiger partial charge in [0, 0.05) is 17.8 Å². The van der Waals surface area contributed by atoms with Crippen LogP contribution in [-0.4, -0.2) is 33.1 Å². The molecule has 3 nitrogen and oxygen atoms in total. The van der Waals surface area contributed by atoms with E-state index in [4.69, 9.17) is 10.7 Å². The summed E-state index contributed by atoms with van der Waals surface area (Å²) in [6, 6.07) is 0. The molecule has 0 unspecified atom stereocenters. The van der Waals surface area contributed by atoms with E-state index in [0.29, 0.717) is 0 Å². The summed E-state index contributed by atoms with van der Waals surface area (Å²) >= 11 is 0. The van der Waals surface area contributed by atoms with Crippen molar-refractivity contribution >= 4 is 19.7 Å². The van der Waals surface area contributed by atoms with Crippen LogP contribution >= 0.6 is 10.7 Å². The Morgan fingerprint density at radius 1 is 1.47 bits per heavy atom. The van der Waals surface area contributed by atoms with E-state index in [2.05, 4.69) is 4.74 Å². The van der Waals surface area contributed by atoms with E-state index in [1.54, 1.807) is 0 Å². The lowest BCUT2D eigenvalue weighted by Gasteiger charge is -2.46. The van der Waals surface area contributed by atoms with Crippen LogP contribution in [0.1, 0.15) is 12.8 Å². The second-order valence-corrected chi connectivity index (χ2v) is 6.50. The van der Waals surface area contributed by atoms with Crippen LogP contribution in [0.4, 0.5) is 13.2 Å². The van der Waals surface area contributed by atoms with E-state index in [0.717, 1.165) is 7.11 Å². The number of rotatable bonds is 3. The average molecular weight is 267 g/mol. The van der Waals surface area contributed by atoms with Gasteiger partial charge in [-0.3, -0.25) is 0 Å². The zero-order valence-electron chi connectivity index (χ0n) is 7.84.